The number of benzene rings is 1. The van der Waals surface area contributed by atoms with Crippen molar-refractivity contribution >= 4 is 22.7 Å². The van der Waals surface area contributed by atoms with E-state index in [1.165, 1.54) is 10.5 Å². The number of hydrogen-bond acceptors (Lipinski definition) is 2. The smallest absolute Gasteiger partial charge is 0.228 e. The van der Waals surface area contributed by atoms with E-state index < -0.39 is 0 Å². The van der Waals surface area contributed by atoms with Crippen LogP contribution >= 0.6 is 0 Å². The van der Waals surface area contributed by atoms with Gasteiger partial charge in [0.05, 0.1) is 26.2 Å². The highest BCUT2D eigenvalue weighted by Crippen LogP contribution is 2.37. The summed E-state index contributed by atoms with van der Waals surface area (Å²) >= 11 is 0. The molecule has 0 saturated carbocycles. The first-order valence-electron chi connectivity index (χ1n) is 11.5. The lowest BCUT2D eigenvalue weighted by molar-refractivity contribution is -0.142. The molecule has 2 fully saturated rings. The van der Waals surface area contributed by atoms with Crippen LogP contribution in [0.5, 0.6) is 0 Å². The second kappa shape index (κ2) is 8.13. The van der Waals surface area contributed by atoms with Crippen molar-refractivity contribution in [3.8, 4) is 0 Å². The molecule has 0 aliphatic carbocycles. The van der Waals surface area contributed by atoms with Crippen LogP contribution in [0.4, 0.5) is 0 Å². The number of carbonyl (C=O) groups is 2. The zero-order chi connectivity index (χ0) is 23.4. The van der Waals surface area contributed by atoms with Crippen molar-refractivity contribution in [2.75, 3.05) is 26.2 Å². The fraction of sp³-hybridized carbons (Fsp3) is 0.692. The largest absolute Gasteiger partial charge is 0.332 e. The summed E-state index contributed by atoms with van der Waals surface area (Å²) in [6, 6.07) is 9.13. The highest BCUT2D eigenvalue weighted by Gasteiger charge is 2.54. The number of hydrogen-bond donors (Lipinski definition) is 0. The number of rotatable bonds is 1. The average molecular weight is 446 g/mol. The molecule has 0 aromatic heterocycles. The van der Waals surface area contributed by atoms with Gasteiger partial charge in [-0.2, -0.15) is 0 Å². The van der Waals surface area contributed by atoms with Gasteiger partial charge < -0.3 is 9.80 Å². The maximum atomic E-state index is 13.1. The molecule has 0 unspecified atom stereocenters. The molecule has 172 valence electrons. The van der Waals surface area contributed by atoms with E-state index >= 15 is 0 Å². The van der Waals surface area contributed by atoms with Gasteiger partial charge in [-0.25, -0.2) is 0 Å². The molecule has 2 aliphatic rings. The molecule has 3 rings (SSSR count). The molecule has 2 bridgehead atoms. The summed E-state index contributed by atoms with van der Waals surface area (Å²) in [6.07, 6.45) is 0. The van der Waals surface area contributed by atoms with Crippen LogP contribution in [-0.4, -0.2) is 58.3 Å². The van der Waals surface area contributed by atoms with E-state index in [0.29, 0.717) is 10.5 Å². The molecule has 4 nitrogen and oxygen atoms in total. The van der Waals surface area contributed by atoms with Gasteiger partial charge in [0.25, 0.3) is 0 Å². The number of fused-ring (bicyclic) bond motifs is 2. The van der Waals surface area contributed by atoms with Crippen LogP contribution in [0.2, 0.25) is 0 Å². The summed E-state index contributed by atoms with van der Waals surface area (Å²) in [5.74, 6) is 0.453. The van der Waals surface area contributed by atoms with E-state index in [-0.39, 0.29) is 39.0 Å². The van der Waals surface area contributed by atoms with Gasteiger partial charge in [0.1, 0.15) is 0 Å². The predicted octanol–water partition coefficient (Wildman–Crippen LogP) is 4.48. The average Bonchev–Trinajstić information content (AvgIpc) is 2.63. The minimum absolute atomic E-state index is 0.0453. The molecule has 0 spiro atoms. The van der Waals surface area contributed by atoms with E-state index in [1.807, 2.05) is 41.5 Å². The Morgan fingerprint density at radius 3 is 1.35 bits per heavy atom. The molecule has 31 heavy (non-hydrogen) atoms. The SMILES string of the molecule is CC(C)(C)C(=O)N1CC2CN(C(=O)C(C)(C)C)CC(C1)[S+]2c1ccc(C(C)(C)C)cc1. The Kier molecular flexibility index (Phi) is 6.34. The molecule has 2 saturated heterocycles. The van der Waals surface area contributed by atoms with Crippen LogP contribution in [0.25, 0.3) is 0 Å². The summed E-state index contributed by atoms with van der Waals surface area (Å²) in [6.45, 7) is 21.7. The van der Waals surface area contributed by atoms with Crippen molar-refractivity contribution in [1.82, 2.24) is 9.80 Å². The van der Waals surface area contributed by atoms with Crippen molar-refractivity contribution < 1.29 is 9.59 Å². The topological polar surface area (TPSA) is 40.6 Å². The first-order valence-corrected chi connectivity index (χ1v) is 12.9. The Morgan fingerprint density at radius 1 is 0.710 bits per heavy atom. The minimum atomic E-state index is -0.375. The molecular weight excluding hydrogens is 404 g/mol. The third kappa shape index (κ3) is 5.13. The Hall–Kier alpha value is -1.49. The van der Waals surface area contributed by atoms with Crippen LogP contribution in [-0.2, 0) is 25.9 Å². The van der Waals surface area contributed by atoms with Crippen LogP contribution in [0, 0.1) is 10.8 Å². The first kappa shape index (κ1) is 24.2. The second-order valence-corrected chi connectivity index (χ2v) is 14.9. The van der Waals surface area contributed by atoms with E-state index in [9.17, 15) is 9.59 Å². The molecule has 0 radical (unpaired) electrons. The highest BCUT2D eigenvalue weighted by molar-refractivity contribution is 7.98. The lowest BCUT2D eigenvalue weighted by Crippen LogP contribution is -2.66. The van der Waals surface area contributed by atoms with Crippen LogP contribution in [0.3, 0.4) is 0 Å². The number of amides is 2. The van der Waals surface area contributed by atoms with Gasteiger partial charge in [-0.15, -0.1) is 0 Å². The van der Waals surface area contributed by atoms with Crippen molar-refractivity contribution in [2.24, 2.45) is 10.8 Å². The van der Waals surface area contributed by atoms with Crippen LogP contribution < -0.4 is 0 Å². The lowest BCUT2D eigenvalue weighted by atomic mass is 9.87. The molecule has 2 heterocycles. The van der Waals surface area contributed by atoms with E-state index in [4.69, 9.17) is 0 Å². The van der Waals surface area contributed by atoms with E-state index in [2.05, 4.69) is 54.8 Å². The number of nitrogens with zero attached hydrogens (tertiary/aromatic N) is 2. The van der Waals surface area contributed by atoms with Crippen molar-refractivity contribution in [3.63, 3.8) is 0 Å². The third-order valence-corrected chi connectivity index (χ3v) is 9.11. The summed E-state index contributed by atoms with van der Waals surface area (Å²) in [5, 5.41) is 0.594. The van der Waals surface area contributed by atoms with Gasteiger partial charge in [0, 0.05) is 21.7 Å². The Bertz CT molecular complexity index is 773. The standard InChI is InChI=1S/C26H41N2O2S/c1-24(2,3)18-10-12-19(13-11-18)31-20-14-27(22(29)25(4,5)6)15-21(31)17-28(16-20)23(30)26(7,8)9/h10-13,20-21H,14-17H2,1-9H3/q+1. The molecule has 2 aliphatic heterocycles. The zero-order valence-corrected chi connectivity index (χ0v) is 21.7. The fourth-order valence-corrected chi connectivity index (χ4v) is 7.75. The van der Waals surface area contributed by atoms with Gasteiger partial charge in [0.2, 0.25) is 11.8 Å². The van der Waals surface area contributed by atoms with Gasteiger partial charge >= 0.3 is 0 Å². The first-order chi connectivity index (χ1) is 14.1. The quantitative estimate of drug-likeness (QED) is 0.598. The summed E-state index contributed by atoms with van der Waals surface area (Å²) in [4.78, 5) is 31.7. The summed E-state index contributed by atoms with van der Waals surface area (Å²) in [7, 11) is 0.0453. The van der Waals surface area contributed by atoms with Gasteiger partial charge in [-0.3, -0.25) is 9.59 Å². The van der Waals surface area contributed by atoms with Crippen molar-refractivity contribution in [3.05, 3.63) is 29.8 Å². The van der Waals surface area contributed by atoms with Crippen LogP contribution in [0.15, 0.2) is 29.2 Å². The van der Waals surface area contributed by atoms with Crippen molar-refractivity contribution in [2.45, 2.75) is 83.1 Å². The molecule has 1 aromatic carbocycles. The normalized spacial score (nSPS) is 24.9. The molecule has 1 aromatic rings. The second-order valence-electron chi connectivity index (χ2n) is 12.3. The minimum Gasteiger partial charge on any atom is -0.332 e. The Labute approximate surface area is 192 Å². The lowest BCUT2D eigenvalue weighted by Gasteiger charge is -2.46. The number of carbonyl (C=O) groups excluding carboxylic acids is 2. The molecular formula is C26H41N2O2S+. The van der Waals surface area contributed by atoms with E-state index in [0.717, 1.165) is 26.2 Å². The van der Waals surface area contributed by atoms with Gasteiger partial charge in [-0.05, 0) is 23.1 Å². The van der Waals surface area contributed by atoms with Crippen LogP contribution in [0.1, 0.15) is 67.9 Å². The highest BCUT2D eigenvalue weighted by atomic mass is 32.2. The molecule has 2 amide bonds. The molecule has 0 N–H and O–H groups in total. The predicted molar refractivity (Wildman–Crippen MR) is 130 cm³/mol. The monoisotopic (exact) mass is 445 g/mol. The summed E-state index contributed by atoms with van der Waals surface area (Å²) < 4.78 is 0. The molecule has 0 atom stereocenters. The van der Waals surface area contributed by atoms with Gasteiger partial charge in [0.15, 0.2) is 15.4 Å². The fourth-order valence-electron chi connectivity index (χ4n) is 4.62. The third-order valence-electron chi connectivity index (χ3n) is 6.26. The van der Waals surface area contributed by atoms with E-state index in [1.54, 1.807) is 0 Å². The Balaban J connectivity index is 1.91. The molecule has 5 heteroatoms. The maximum Gasteiger partial charge on any atom is 0.228 e. The Morgan fingerprint density at radius 2 is 1.06 bits per heavy atom. The van der Waals surface area contributed by atoms with Crippen molar-refractivity contribution in [1.29, 1.82) is 0 Å². The zero-order valence-electron chi connectivity index (χ0n) is 20.9. The summed E-state index contributed by atoms with van der Waals surface area (Å²) in [5.41, 5.74) is 0.728. The van der Waals surface area contributed by atoms with Gasteiger partial charge in [-0.1, -0.05) is 74.4 Å². The maximum absolute atomic E-state index is 13.1.